The van der Waals surface area contributed by atoms with Crippen molar-refractivity contribution in [3.8, 4) is 17.1 Å². The Balaban J connectivity index is 1.57. The number of rotatable bonds is 6. The van der Waals surface area contributed by atoms with Crippen molar-refractivity contribution in [3.05, 3.63) is 65.5 Å². The lowest BCUT2D eigenvalue weighted by Gasteiger charge is -2.15. The largest absolute Gasteiger partial charge is 0.484 e. The maximum Gasteiger partial charge on any atom is 0.260 e. The van der Waals surface area contributed by atoms with Crippen molar-refractivity contribution in [1.82, 2.24) is 15.0 Å². The average molecular weight is 351 g/mol. The summed E-state index contributed by atoms with van der Waals surface area (Å²) in [7, 11) is 1.68. The molecule has 6 nitrogen and oxygen atoms in total. The summed E-state index contributed by atoms with van der Waals surface area (Å²) < 4.78 is 10.8. The van der Waals surface area contributed by atoms with E-state index in [1.54, 1.807) is 7.05 Å². The number of likely N-dealkylation sites (N-methyl/N-ethyl adjacent to an activating group) is 1. The van der Waals surface area contributed by atoms with E-state index in [4.69, 9.17) is 9.26 Å². The molecule has 0 aliphatic heterocycles. The number of hydrogen-bond donors (Lipinski definition) is 0. The van der Waals surface area contributed by atoms with E-state index in [-0.39, 0.29) is 19.1 Å². The monoisotopic (exact) mass is 351 g/mol. The Morgan fingerprint density at radius 2 is 1.85 bits per heavy atom. The smallest absolute Gasteiger partial charge is 0.260 e. The van der Waals surface area contributed by atoms with Crippen molar-refractivity contribution in [1.29, 1.82) is 0 Å². The molecule has 3 rings (SSSR count). The number of aromatic nitrogens is 2. The minimum atomic E-state index is -0.165. The summed E-state index contributed by atoms with van der Waals surface area (Å²) in [6.45, 7) is 4.17. The molecule has 0 bridgehead atoms. The first-order valence-electron chi connectivity index (χ1n) is 8.34. The Bertz CT molecular complexity index is 905. The minimum Gasteiger partial charge on any atom is -0.484 e. The highest BCUT2D eigenvalue weighted by atomic mass is 16.5. The first-order valence-corrected chi connectivity index (χ1v) is 8.34. The molecule has 1 heterocycles. The van der Waals surface area contributed by atoms with Gasteiger partial charge in [0.1, 0.15) is 5.75 Å². The second kappa shape index (κ2) is 7.82. The lowest BCUT2D eigenvalue weighted by Crippen LogP contribution is -2.31. The second-order valence-electron chi connectivity index (χ2n) is 6.24. The molecule has 0 fully saturated rings. The summed E-state index contributed by atoms with van der Waals surface area (Å²) in [5.74, 6) is 1.40. The van der Waals surface area contributed by atoms with Crippen LogP contribution in [0.4, 0.5) is 0 Å². The van der Waals surface area contributed by atoms with Crippen LogP contribution in [-0.2, 0) is 11.3 Å². The number of benzene rings is 2. The van der Waals surface area contributed by atoms with E-state index in [2.05, 4.69) is 10.1 Å². The molecule has 0 spiro atoms. The summed E-state index contributed by atoms with van der Waals surface area (Å²) in [5, 5.41) is 3.99. The molecular formula is C20H21N3O3. The van der Waals surface area contributed by atoms with Gasteiger partial charge in [0.25, 0.3) is 5.91 Å². The summed E-state index contributed by atoms with van der Waals surface area (Å²) in [6.07, 6.45) is 0. The van der Waals surface area contributed by atoms with Crippen molar-refractivity contribution >= 4 is 5.91 Å². The SMILES string of the molecule is Cc1cccc(OCC(=O)N(C)Cc2nc(-c3cccc(C)c3)no2)c1. The van der Waals surface area contributed by atoms with Crippen LogP contribution in [0, 0.1) is 13.8 Å². The maximum atomic E-state index is 12.2. The van der Waals surface area contributed by atoms with Gasteiger partial charge in [-0.25, -0.2) is 0 Å². The Morgan fingerprint density at radius 1 is 1.12 bits per heavy atom. The third-order valence-electron chi connectivity index (χ3n) is 3.89. The molecule has 26 heavy (non-hydrogen) atoms. The van der Waals surface area contributed by atoms with Crippen LogP contribution >= 0.6 is 0 Å². The van der Waals surface area contributed by atoms with E-state index in [1.165, 1.54) is 4.90 Å². The second-order valence-corrected chi connectivity index (χ2v) is 6.24. The quantitative estimate of drug-likeness (QED) is 0.681. The summed E-state index contributed by atoms with van der Waals surface area (Å²) in [4.78, 5) is 18.1. The predicted octanol–water partition coefficient (Wildman–Crippen LogP) is 3.39. The molecule has 0 N–H and O–H groups in total. The average Bonchev–Trinajstić information content (AvgIpc) is 3.08. The van der Waals surface area contributed by atoms with Gasteiger partial charge in [0.2, 0.25) is 11.7 Å². The first kappa shape index (κ1) is 17.7. The van der Waals surface area contributed by atoms with Crippen LogP contribution in [0.5, 0.6) is 5.75 Å². The van der Waals surface area contributed by atoms with Gasteiger partial charge in [-0.15, -0.1) is 0 Å². The van der Waals surface area contributed by atoms with Crippen LogP contribution in [0.1, 0.15) is 17.0 Å². The number of carbonyl (C=O) groups is 1. The maximum absolute atomic E-state index is 12.2. The van der Waals surface area contributed by atoms with Crippen molar-refractivity contribution in [2.75, 3.05) is 13.7 Å². The standard InChI is InChI=1S/C20H21N3O3/c1-14-6-4-8-16(10-14)20-21-18(26-22-20)12-23(3)19(24)13-25-17-9-5-7-15(2)11-17/h4-11H,12-13H2,1-3H3. The molecule has 0 atom stereocenters. The molecule has 0 aliphatic carbocycles. The molecule has 1 amide bonds. The van der Waals surface area contributed by atoms with E-state index >= 15 is 0 Å². The van der Waals surface area contributed by atoms with Gasteiger partial charge < -0.3 is 14.2 Å². The van der Waals surface area contributed by atoms with Crippen LogP contribution in [0.25, 0.3) is 11.4 Å². The fourth-order valence-corrected chi connectivity index (χ4v) is 2.47. The van der Waals surface area contributed by atoms with Crippen molar-refractivity contribution in [3.63, 3.8) is 0 Å². The van der Waals surface area contributed by atoms with Gasteiger partial charge in [-0.1, -0.05) is 41.1 Å². The van der Waals surface area contributed by atoms with Gasteiger partial charge in [0.15, 0.2) is 6.61 Å². The van der Waals surface area contributed by atoms with Gasteiger partial charge in [-0.05, 0) is 37.6 Å². The first-order chi connectivity index (χ1) is 12.5. The fourth-order valence-electron chi connectivity index (χ4n) is 2.47. The summed E-state index contributed by atoms with van der Waals surface area (Å²) in [5.41, 5.74) is 3.09. The lowest BCUT2D eigenvalue weighted by molar-refractivity contribution is -0.132. The molecule has 6 heteroatoms. The van der Waals surface area contributed by atoms with Gasteiger partial charge in [-0.3, -0.25) is 4.79 Å². The van der Waals surface area contributed by atoms with Crippen LogP contribution in [0.2, 0.25) is 0 Å². The van der Waals surface area contributed by atoms with Gasteiger partial charge in [0.05, 0.1) is 6.54 Å². The molecular weight excluding hydrogens is 330 g/mol. The van der Waals surface area contributed by atoms with E-state index in [1.807, 2.05) is 62.4 Å². The predicted molar refractivity (Wildman–Crippen MR) is 97.6 cm³/mol. The number of amides is 1. The highest BCUT2D eigenvalue weighted by molar-refractivity contribution is 5.77. The molecule has 3 aromatic rings. The van der Waals surface area contributed by atoms with Crippen molar-refractivity contribution in [2.24, 2.45) is 0 Å². The van der Waals surface area contributed by atoms with E-state index < -0.39 is 0 Å². The molecule has 0 radical (unpaired) electrons. The molecule has 0 saturated heterocycles. The number of hydrogen-bond acceptors (Lipinski definition) is 5. The molecule has 0 saturated carbocycles. The zero-order chi connectivity index (χ0) is 18.5. The molecule has 1 aromatic heterocycles. The topological polar surface area (TPSA) is 68.5 Å². The Hall–Kier alpha value is -3.15. The Labute approximate surface area is 152 Å². The summed E-state index contributed by atoms with van der Waals surface area (Å²) in [6, 6.07) is 15.4. The highest BCUT2D eigenvalue weighted by Crippen LogP contribution is 2.17. The molecule has 0 unspecified atom stereocenters. The zero-order valence-corrected chi connectivity index (χ0v) is 15.1. The highest BCUT2D eigenvalue weighted by Gasteiger charge is 2.15. The van der Waals surface area contributed by atoms with E-state index in [0.29, 0.717) is 17.5 Å². The fraction of sp³-hybridized carbons (Fsp3) is 0.250. The lowest BCUT2D eigenvalue weighted by atomic mass is 10.1. The Morgan fingerprint density at radius 3 is 2.58 bits per heavy atom. The minimum absolute atomic E-state index is 0.0428. The number of aryl methyl sites for hydroxylation is 2. The Kier molecular flexibility index (Phi) is 5.31. The van der Waals surface area contributed by atoms with Crippen LogP contribution in [0.3, 0.4) is 0 Å². The van der Waals surface area contributed by atoms with Crippen molar-refractivity contribution < 1.29 is 14.1 Å². The third-order valence-corrected chi connectivity index (χ3v) is 3.89. The number of carbonyl (C=O) groups excluding carboxylic acids is 1. The van der Waals surface area contributed by atoms with Gasteiger partial charge in [-0.2, -0.15) is 4.98 Å². The van der Waals surface area contributed by atoms with Gasteiger partial charge >= 0.3 is 0 Å². The van der Waals surface area contributed by atoms with E-state index in [9.17, 15) is 4.79 Å². The molecule has 2 aromatic carbocycles. The van der Waals surface area contributed by atoms with Crippen molar-refractivity contribution in [2.45, 2.75) is 20.4 Å². The van der Waals surface area contributed by atoms with Gasteiger partial charge in [0, 0.05) is 12.6 Å². The van der Waals surface area contributed by atoms with Crippen LogP contribution in [-0.4, -0.2) is 34.6 Å². The van der Waals surface area contributed by atoms with Crippen LogP contribution in [0.15, 0.2) is 53.1 Å². The molecule has 0 aliphatic rings. The van der Waals surface area contributed by atoms with E-state index in [0.717, 1.165) is 16.7 Å². The third kappa shape index (κ3) is 4.47. The number of ether oxygens (including phenoxy) is 1. The normalized spacial score (nSPS) is 10.6. The number of nitrogens with zero attached hydrogens (tertiary/aromatic N) is 3. The molecule has 134 valence electrons. The van der Waals surface area contributed by atoms with Crippen LogP contribution < -0.4 is 4.74 Å². The zero-order valence-electron chi connectivity index (χ0n) is 15.1. The summed E-state index contributed by atoms with van der Waals surface area (Å²) >= 11 is 0.